The van der Waals surface area contributed by atoms with Crippen molar-refractivity contribution in [2.24, 2.45) is 11.8 Å². The zero-order valence-corrected chi connectivity index (χ0v) is 23.8. The summed E-state index contributed by atoms with van der Waals surface area (Å²) in [7, 11) is 3.68. The molecule has 8 nitrogen and oxygen atoms in total. The molecule has 0 aliphatic carbocycles. The quantitative estimate of drug-likeness (QED) is 0.306. The number of aromatic nitrogens is 1. The molecule has 0 saturated carbocycles. The first kappa shape index (κ1) is 29.9. The third-order valence-electron chi connectivity index (χ3n) is 7.53. The van der Waals surface area contributed by atoms with Crippen LogP contribution in [0.3, 0.4) is 0 Å². The average molecular weight is 535 g/mol. The zero-order chi connectivity index (χ0) is 28.7. The van der Waals surface area contributed by atoms with Crippen LogP contribution in [0.25, 0.3) is 10.9 Å². The van der Waals surface area contributed by atoms with Gasteiger partial charge in [-0.2, -0.15) is 0 Å². The fourth-order valence-electron chi connectivity index (χ4n) is 5.06. The van der Waals surface area contributed by atoms with E-state index in [2.05, 4.69) is 10.6 Å². The molecule has 3 aromatic rings. The fraction of sp³-hybridized carbons (Fsp3) is 0.452. The Morgan fingerprint density at radius 3 is 2.08 bits per heavy atom. The lowest BCUT2D eigenvalue weighted by atomic mass is 9.92. The molecule has 3 rings (SSSR count). The van der Waals surface area contributed by atoms with Crippen molar-refractivity contribution < 1.29 is 19.5 Å². The van der Waals surface area contributed by atoms with Gasteiger partial charge in [-0.05, 0) is 55.4 Å². The molecule has 5 atom stereocenters. The molecule has 0 saturated heterocycles. The van der Waals surface area contributed by atoms with Crippen LogP contribution in [0.1, 0.15) is 45.7 Å². The number of aliphatic carboxylic acids is 1. The molecule has 2 amide bonds. The average Bonchev–Trinajstić information content (AvgIpc) is 3.33. The Labute approximate surface area is 231 Å². The molecule has 39 heavy (non-hydrogen) atoms. The number of benzene rings is 2. The van der Waals surface area contributed by atoms with Gasteiger partial charge in [-0.25, -0.2) is 4.79 Å². The molecular formula is C31H42N4O4. The van der Waals surface area contributed by atoms with Gasteiger partial charge in [-0.15, -0.1) is 0 Å². The second-order valence-corrected chi connectivity index (χ2v) is 10.9. The second kappa shape index (κ2) is 13.4. The topological polar surface area (TPSA) is 104 Å². The number of nitrogens with zero attached hydrogens (tertiary/aromatic N) is 2. The first-order valence-electron chi connectivity index (χ1n) is 13.6. The molecule has 0 fully saturated rings. The van der Waals surface area contributed by atoms with Gasteiger partial charge in [0.05, 0.1) is 12.1 Å². The Bertz CT molecular complexity index is 1250. The molecule has 210 valence electrons. The van der Waals surface area contributed by atoms with Gasteiger partial charge >= 0.3 is 5.97 Å². The third kappa shape index (κ3) is 7.26. The van der Waals surface area contributed by atoms with Crippen molar-refractivity contribution in [3.63, 3.8) is 0 Å². The molecule has 2 aromatic carbocycles. The minimum Gasteiger partial charge on any atom is -0.480 e. The Balaban J connectivity index is 2.03. The highest BCUT2D eigenvalue weighted by atomic mass is 16.4. The van der Waals surface area contributed by atoms with E-state index in [4.69, 9.17) is 0 Å². The molecular weight excluding hydrogens is 492 g/mol. The highest BCUT2D eigenvalue weighted by Gasteiger charge is 2.38. The summed E-state index contributed by atoms with van der Waals surface area (Å²) in [4.78, 5) is 41.7. The zero-order valence-electron chi connectivity index (χ0n) is 23.8. The van der Waals surface area contributed by atoms with E-state index in [1.54, 1.807) is 6.92 Å². The predicted octanol–water partition coefficient (Wildman–Crippen LogP) is 4.11. The van der Waals surface area contributed by atoms with E-state index in [0.717, 1.165) is 16.5 Å². The Morgan fingerprint density at radius 1 is 0.872 bits per heavy atom. The molecule has 0 bridgehead atoms. The van der Waals surface area contributed by atoms with E-state index in [1.807, 2.05) is 111 Å². The van der Waals surface area contributed by atoms with Crippen LogP contribution in [0.2, 0.25) is 0 Å². The summed E-state index contributed by atoms with van der Waals surface area (Å²) in [5, 5.41) is 16.7. The first-order valence-corrected chi connectivity index (χ1v) is 13.6. The number of carbonyl (C=O) groups excluding carboxylic acids is 2. The number of likely N-dealkylation sites (N-methyl/N-ethyl adjacent to an activating group) is 1. The summed E-state index contributed by atoms with van der Waals surface area (Å²) in [6.45, 7) is 7.69. The molecule has 1 aromatic heterocycles. The Kier molecular flexibility index (Phi) is 10.3. The van der Waals surface area contributed by atoms with E-state index in [-0.39, 0.29) is 17.7 Å². The lowest BCUT2D eigenvalue weighted by Gasteiger charge is -2.35. The van der Waals surface area contributed by atoms with Crippen molar-refractivity contribution in [2.45, 2.75) is 64.7 Å². The van der Waals surface area contributed by atoms with Crippen molar-refractivity contribution in [2.75, 3.05) is 14.1 Å². The standard InChI is InChI=1S/C31H42N4O4/c1-7-21(4)26(31(38)39)32-30(37)27(28(20(2)3)35-18-17-23-15-11-12-16-24(23)35)33-29(36)25(34(5)6)19-22-13-9-8-10-14-22/h8-18,20-21,25-28H,7,19H2,1-6H3,(H,32,37)(H,33,36)(H,38,39)/t21-,25-,26-,27?,28?/m0/s1. The molecule has 0 radical (unpaired) electrons. The number of hydrogen-bond donors (Lipinski definition) is 3. The van der Waals surface area contributed by atoms with E-state index >= 15 is 0 Å². The fourth-order valence-corrected chi connectivity index (χ4v) is 5.06. The van der Waals surface area contributed by atoms with Crippen LogP contribution in [0.4, 0.5) is 0 Å². The number of carboxylic acids is 1. The number of rotatable bonds is 13. The smallest absolute Gasteiger partial charge is 0.326 e. The highest BCUT2D eigenvalue weighted by molar-refractivity contribution is 5.93. The number of nitrogens with one attached hydrogen (secondary N) is 2. The highest BCUT2D eigenvalue weighted by Crippen LogP contribution is 2.29. The number of hydrogen-bond acceptors (Lipinski definition) is 4. The van der Waals surface area contributed by atoms with E-state index < -0.39 is 36.0 Å². The monoisotopic (exact) mass is 534 g/mol. The van der Waals surface area contributed by atoms with Gasteiger partial charge in [0.15, 0.2) is 0 Å². The van der Waals surface area contributed by atoms with Crippen LogP contribution in [-0.2, 0) is 20.8 Å². The van der Waals surface area contributed by atoms with Crippen LogP contribution in [0.15, 0.2) is 66.9 Å². The summed E-state index contributed by atoms with van der Waals surface area (Å²) in [5.41, 5.74) is 1.94. The van der Waals surface area contributed by atoms with Gasteiger partial charge in [0.25, 0.3) is 0 Å². The summed E-state index contributed by atoms with van der Waals surface area (Å²) >= 11 is 0. The van der Waals surface area contributed by atoms with E-state index in [0.29, 0.717) is 12.8 Å². The largest absolute Gasteiger partial charge is 0.480 e. The first-order chi connectivity index (χ1) is 18.5. The van der Waals surface area contributed by atoms with Crippen LogP contribution in [0, 0.1) is 11.8 Å². The van der Waals surface area contributed by atoms with Crippen LogP contribution in [0.5, 0.6) is 0 Å². The van der Waals surface area contributed by atoms with Crippen molar-refractivity contribution in [1.29, 1.82) is 0 Å². The van der Waals surface area contributed by atoms with Gasteiger partial charge in [-0.1, -0.05) is 82.6 Å². The minimum absolute atomic E-state index is 0.0596. The van der Waals surface area contributed by atoms with Gasteiger partial charge in [0.2, 0.25) is 11.8 Å². The maximum Gasteiger partial charge on any atom is 0.326 e. The molecule has 1 heterocycles. The number of amides is 2. The second-order valence-electron chi connectivity index (χ2n) is 10.9. The van der Waals surface area contributed by atoms with Crippen molar-refractivity contribution in [3.8, 4) is 0 Å². The summed E-state index contributed by atoms with van der Waals surface area (Å²) < 4.78 is 2.02. The van der Waals surface area contributed by atoms with Crippen LogP contribution >= 0.6 is 0 Å². The van der Waals surface area contributed by atoms with Gasteiger partial charge < -0.3 is 20.3 Å². The molecule has 0 aliphatic rings. The van der Waals surface area contributed by atoms with Crippen molar-refractivity contribution in [3.05, 3.63) is 72.4 Å². The number of carbonyl (C=O) groups is 3. The summed E-state index contributed by atoms with van der Waals surface area (Å²) in [6, 6.07) is 16.6. The van der Waals surface area contributed by atoms with Crippen molar-refractivity contribution in [1.82, 2.24) is 20.1 Å². The predicted molar refractivity (Wildman–Crippen MR) is 154 cm³/mol. The Morgan fingerprint density at radius 2 is 1.49 bits per heavy atom. The number of para-hydroxylation sites is 1. The maximum absolute atomic E-state index is 13.9. The minimum atomic E-state index is -1.09. The summed E-state index contributed by atoms with van der Waals surface area (Å²) in [6.07, 6.45) is 2.99. The normalized spacial score (nSPS) is 15.5. The SMILES string of the molecule is CC[C@H](C)[C@H](NC(=O)C(NC(=O)[C@H](Cc1ccccc1)N(C)C)C(C(C)C)n1ccc2ccccc21)C(=O)O. The summed E-state index contributed by atoms with van der Waals surface area (Å²) in [5.74, 6) is -2.23. The molecule has 8 heteroatoms. The van der Waals surface area contributed by atoms with E-state index in [9.17, 15) is 19.5 Å². The van der Waals surface area contributed by atoms with Crippen LogP contribution < -0.4 is 10.6 Å². The van der Waals surface area contributed by atoms with Gasteiger partial charge in [0.1, 0.15) is 12.1 Å². The van der Waals surface area contributed by atoms with Gasteiger partial charge in [0, 0.05) is 11.7 Å². The van der Waals surface area contributed by atoms with Crippen LogP contribution in [-0.4, -0.2) is 64.6 Å². The maximum atomic E-state index is 13.9. The lowest BCUT2D eigenvalue weighted by Crippen LogP contribution is -2.59. The molecule has 2 unspecified atom stereocenters. The molecule has 3 N–H and O–H groups in total. The van der Waals surface area contributed by atoms with Crippen molar-refractivity contribution >= 4 is 28.7 Å². The third-order valence-corrected chi connectivity index (χ3v) is 7.53. The number of carboxylic acid groups (broad SMARTS) is 1. The molecule has 0 spiro atoms. The van der Waals surface area contributed by atoms with E-state index in [1.165, 1.54) is 0 Å². The van der Waals surface area contributed by atoms with Gasteiger partial charge in [-0.3, -0.25) is 14.5 Å². The molecule has 0 aliphatic heterocycles. The number of fused-ring (bicyclic) bond motifs is 1. The Hall–Kier alpha value is -3.65. The lowest BCUT2D eigenvalue weighted by molar-refractivity contribution is -0.144.